The largest absolute Gasteiger partial charge is 0.461 e. The van der Waals surface area contributed by atoms with Crippen LogP contribution in [0.1, 0.15) is 10.6 Å². The Morgan fingerprint density at radius 2 is 1.93 bits per heavy atom. The number of furan rings is 1. The van der Waals surface area contributed by atoms with Gasteiger partial charge in [-0.25, -0.2) is 8.78 Å². The predicted octanol–water partition coefficient (Wildman–Crippen LogP) is 3.04. The van der Waals surface area contributed by atoms with E-state index in [2.05, 4.69) is 0 Å². The summed E-state index contributed by atoms with van der Waals surface area (Å²) in [5.41, 5.74) is 0.271. The van der Waals surface area contributed by atoms with Crippen LogP contribution in [0.5, 0.6) is 0 Å². The molecule has 4 heteroatoms. The second kappa shape index (κ2) is 3.65. The molecule has 76 valence electrons. The van der Waals surface area contributed by atoms with Crippen molar-refractivity contribution >= 4 is 6.29 Å². The summed E-state index contributed by atoms with van der Waals surface area (Å²) in [6, 6.07) is 4.46. The van der Waals surface area contributed by atoms with Crippen LogP contribution >= 0.6 is 0 Å². The molecular weight excluding hydrogens is 202 g/mol. The number of carbonyl (C=O) groups excluding carboxylic acids is 1. The first-order valence-electron chi connectivity index (χ1n) is 4.20. The molecule has 2 nitrogen and oxygen atoms in total. The lowest BCUT2D eigenvalue weighted by atomic mass is 10.1. The fourth-order valence-electron chi connectivity index (χ4n) is 1.34. The lowest BCUT2D eigenvalue weighted by molar-refractivity contribution is 0.110. The third-order valence-corrected chi connectivity index (χ3v) is 2.02. The van der Waals surface area contributed by atoms with Gasteiger partial charge < -0.3 is 4.42 Å². The van der Waals surface area contributed by atoms with Crippen molar-refractivity contribution in [3.63, 3.8) is 0 Å². The Kier molecular flexibility index (Phi) is 2.33. The number of halogens is 2. The molecule has 2 rings (SSSR count). The topological polar surface area (TPSA) is 30.2 Å². The Hall–Kier alpha value is -1.97. The zero-order valence-corrected chi connectivity index (χ0v) is 7.54. The Labute approximate surface area is 84.1 Å². The van der Waals surface area contributed by atoms with E-state index in [0.29, 0.717) is 6.29 Å². The summed E-state index contributed by atoms with van der Waals surface area (Å²) in [6.07, 6.45) is 1.71. The molecule has 0 saturated heterocycles. The van der Waals surface area contributed by atoms with Gasteiger partial charge in [0.15, 0.2) is 12.0 Å². The molecule has 1 heterocycles. The first kappa shape index (κ1) is 9.58. The molecule has 1 aromatic heterocycles. The Balaban J connectivity index is 2.62. The van der Waals surface area contributed by atoms with E-state index >= 15 is 0 Å². The Bertz CT molecular complexity index is 503. The van der Waals surface area contributed by atoms with Crippen molar-refractivity contribution in [2.24, 2.45) is 0 Å². The molecule has 0 aliphatic heterocycles. The van der Waals surface area contributed by atoms with Crippen molar-refractivity contribution in [1.29, 1.82) is 0 Å². The van der Waals surface area contributed by atoms with E-state index in [9.17, 15) is 13.6 Å². The molecule has 2 aromatic rings. The van der Waals surface area contributed by atoms with Crippen molar-refractivity contribution < 1.29 is 18.0 Å². The minimum absolute atomic E-state index is 0.0144. The molecule has 0 bridgehead atoms. The van der Waals surface area contributed by atoms with Crippen molar-refractivity contribution in [1.82, 2.24) is 0 Å². The highest BCUT2D eigenvalue weighted by Crippen LogP contribution is 2.26. The average Bonchev–Trinajstić information content (AvgIpc) is 2.69. The van der Waals surface area contributed by atoms with Crippen LogP contribution in [-0.4, -0.2) is 6.29 Å². The van der Waals surface area contributed by atoms with Gasteiger partial charge in [0.2, 0.25) is 0 Å². The molecule has 0 aliphatic carbocycles. The van der Waals surface area contributed by atoms with E-state index < -0.39 is 11.6 Å². The second-order valence-electron chi connectivity index (χ2n) is 2.94. The third kappa shape index (κ3) is 1.66. The van der Waals surface area contributed by atoms with Crippen LogP contribution in [0.25, 0.3) is 11.1 Å². The molecule has 15 heavy (non-hydrogen) atoms. The molecule has 0 N–H and O–H groups in total. The maximum Gasteiger partial charge on any atom is 0.185 e. The van der Waals surface area contributed by atoms with Crippen molar-refractivity contribution in [3.05, 3.63) is 47.9 Å². The van der Waals surface area contributed by atoms with Crippen LogP contribution in [0.3, 0.4) is 0 Å². The van der Waals surface area contributed by atoms with Gasteiger partial charge in [0.05, 0.1) is 6.26 Å². The lowest BCUT2D eigenvalue weighted by Gasteiger charge is -2.00. The molecule has 0 radical (unpaired) electrons. The standard InChI is InChI=1S/C11H6F2O2/c12-7-1-2-10(13)9(5-7)8-3-4-15-11(8)6-14/h1-6H. The normalized spacial score (nSPS) is 10.3. The minimum Gasteiger partial charge on any atom is -0.461 e. The number of benzene rings is 1. The smallest absolute Gasteiger partial charge is 0.185 e. The van der Waals surface area contributed by atoms with E-state index in [4.69, 9.17) is 4.42 Å². The van der Waals surface area contributed by atoms with Crippen molar-refractivity contribution in [3.8, 4) is 11.1 Å². The number of hydrogen-bond acceptors (Lipinski definition) is 2. The fraction of sp³-hybridized carbons (Fsp3) is 0. The van der Waals surface area contributed by atoms with E-state index in [0.717, 1.165) is 18.2 Å². The number of aldehydes is 1. The SMILES string of the molecule is O=Cc1occc1-c1cc(F)ccc1F. The molecule has 0 spiro atoms. The predicted molar refractivity (Wildman–Crippen MR) is 49.4 cm³/mol. The molecule has 0 saturated carbocycles. The van der Waals surface area contributed by atoms with E-state index in [1.54, 1.807) is 0 Å². The maximum atomic E-state index is 13.3. The van der Waals surface area contributed by atoms with Crippen LogP contribution in [0.4, 0.5) is 8.78 Å². The van der Waals surface area contributed by atoms with Crippen LogP contribution in [0.15, 0.2) is 34.9 Å². The van der Waals surface area contributed by atoms with E-state index in [1.165, 1.54) is 12.3 Å². The van der Waals surface area contributed by atoms with Gasteiger partial charge in [-0.05, 0) is 24.3 Å². The maximum absolute atomic E-state index is 13.3. The quantitative estimate of drug-likeness (QED) is 0.710. The molecule has 0 unspecified atom stereocenters. The molecular formula is C11H6F2O2. The average molecular weight is 208 g/mol. The summed E-state index contributed by atoms with van der Waals surface area (Å²) >= 11 is 0. The lowest BCUT2D eigenvalue weighted by Crippen LogP contribution is -1.88. The molecule has 0 amide bonds. The highest BCUT2D eigenvalue weighted by atomic mass is 19.1. The number of rotatable bonds is 2. The summed E-state index contributed by atoms with van der Waals surface area (Å²) in [7, 11) is 0. The zero-order chi connectivity index (χ0) is 10.8. The van der Waals surface area contributed by atoms with E-state index in [1.807, 2.05) is 0 Å². The zero-order valence-electron chi connectivity index (χ0n) is 7.54. The van der Waals surface area contributed by atoms with Crippen LogP contribution in [0, 0.1) is 11.6 Å². The molecule has 1 aromatic carbocycles. The van der Waals surface area contributed by atoms with Gasteiger partial charge in [0.1, 0.15) is 11.6 Å². The fourth-order valence-corrected chi connectivity index (χ4v) is 1.34. The minimum atomic E-state index is -0.596. The number of carbonyl (C=O) groups is 1. The number of hydrogen-bond donors (Lipinski definition) is 0. The first-order valence-corrected chi connectivity index (χ1v) is 4.20. The van der Waals surface area contributed by atoms with Crippen molar-refractivity contribution in [2.45, 2.75) is 0 Å². The highest BCUT2D eigenvalue weighted by Gasteiger charge is 2.12. The summed E-state index contributed by atoms with van der Waals surface area (Å²) < 4.78 is 31.0. The Morgan fingerprint density at radius 1 is 1.13 bits per heavy atom. The third-order valence-electron chi connectivity index (χ3n) is 2.02. The monoisotopic (exact) mass is 208 g/mol. The van der Waals surface area contributed by atoms with Crippen molar-refractivity contribution in [2.75, 3.05) is 0 Å². The van der Waals surface area contributed by atoms with Gasteiger partial charge in [-0.15, -0.1) is 0 Å². The van der Waals surface area contributed by atoms with Crippen LogP contribution in [0.2, 0.25) is 0 Å². The van der Waals surface area contributed by atoms with Gasteiger partial charge in [0.25, 0.3) is 0 Å². The summed E-state index contributed by atoms with van der Waals surface area (Å²) in [6.45, 7) is 0. The van der Waals surface area contributed by atoms with E-state index in [-0.39, 0.29) is 16.9 Å². The summed E-state index contributed by atoms with van der Waals surface area (Å²) in [5.74, 6) is -1.18. The van der Waals surface area contributed by atoms with Gasteiger partial charge >= 0.3 is 0 Å². The summed E-state index contributed by atoms with van der Waals surface area (Å²) in [4.78, 5) is 10.5. The molecule has 0 atom stereocenters. The Morgan fingerprint density at radius 3 is 2.67 bits per heavy atom. The molecule has 0 aliphatic rings. The summed E-state index contributed by atoms with van der Waals surface area (Å²) in [5, 5.41) is 0. The van der Waals surface area contributed by atoms with Crippen LogP contribution in [-0.2, 0) is 0 Å². The highest BCUT2D eigenvalue weighted by molar-refractivity contribution is 5.84. The van der Waals surface area contributed by atoms with Gasteiger partial charge in [-0.3, -0.25) is 4.79 Å². The van der Waals surface area contributed by atoms with Gasteiger partial charge in [-0.2, -0.15) is 0 Å². The second-order valence-corrected chi connectivity index (χ2v) is 2.94. The first-order chi connectivity index (χ1) is 7.22. The van der Waals surface area contributed by atoms with Gasteiger partial charge in [-0.1, -0.05) is 0 Å². The van der Waals surface area contributed by atoms with Gasteiger partial charge in [0, 0.05) is 11.1 Å². The van der Waals surface area contributed by atoms with Crippen LogP contribution < -0.4 is 0 Å². The molecule has 0 fully saturated rings.